The highest BCUT2D eigenvalue weighted by Crippen LogP contribution is 2.21. The maximum atomic E-state index is 5.63. The van der Waals surface area contributed by atoms with E-state index >= 15 is 0 Å². The minimum atomic E-state index is 0. The molecule has 0 aromatic carbocycles. The number of aromatic nitrogens is 1. The van der Waals surface area contributed by atoms with Crippen LogP contribution in [-0.4, -0.2) is 22.7 Å². The van der Waals surface area contributed by atoms with Crippen LogP contribution in [0.1, 0.15) is 12.6 Å². The lowest BCUT2D eigenvalue weighted by Crippen LogP contribution is -2.21. The smallest absolute Gasteiger partial charge is 0.212 e. The van der Waals surface area contributed by atoms with Crippen molar-refractivity contribution in [3.05, 3.63) is 11.1 Å². The molecule has 0 bridgehead atoms. The van der Waals surface area contributed by atoms with Gasteiger partial charge in [0.1, 0.15) is 0 Å². The lowest BCUT2D eigenvalue weighted by Gasteiger charge is -2.01. The van der Waals surface area contributed by atoms with E-state index in [0.717, 1.165) is 17.2 Å². The highest BCUT2D eigenvalue weighted by molar-refractivity contribution is 7.98. The summed E-state index contributed by atoms with van der Waals surface area (Å²) in [7, 11) is 0. The van der Waals surface area contributed by atoms with Gasteiger partial charge in [-0.1, -0.05) is 0 Å². The summed E-state index contributed by atoms with van der Waals surface area (Å²) in [5.41, 5.74) is 17.1. The molecule has 6 N–H and O–H groups in total. The van der Waals surface area contributed by atoms with E-state index in [-0.39, 0.29) is 24.4 Å². The molecule has 0 fully saturated rings. The number of thioether (sulfide) groups is 1. The van der Waals surface area contributed by atoms with E-state index in [9.17, 15) is 0 Å². The summed E-state index contributed by atoms with van der Waals surface area (Å²) >= 11 is 3.19. The van der Waals surface area contributed by atoms with Gasteiger partial charge < -0.3 is 17.2 Å². The van der Waals surface area contributed by atoms with Gasteiger partial charge >= 0.3 is 0 Å². The Kier molecular flexibility index (Phi) is 7.48. The van der Waals surface area contributed by atoms with Crippen molar-refractivity contribution in [3.8, 4) is 0 Å². The van der Waals surface area contributed by atoms with Gasteiger partial charge in [-0.25, -0.2) is 4.98 Å². The number of nitrogens with two attached hydrogens (primary N) is 3. The molecule has 92 valence electrons. The molecule has 0 saturated carbocycles. The molecule has 0 radical (unpaired) electrons. The van der Waals surface area contributed by atoms with Gasteiger partial charge in [-0.15, -0.1) is 23.7 Å². The van der Waals surface area contributed by atoms with E-state index in [1.54, 1.807) is 11.8 Å². The third-order valence-electron chi connectivity index (χ3n) is 1.40. The monoisotopic (exact) mass is 281 g/mol. The van der Waals surface area contributed by atoms with Gasteiger partial charge in [0, 0.05) is 22.9 Å². The molecule has 0 saturated heterocycles. The van der Waals surface area contributed by atoms with Gasteiger partial charge in [-0.3, -0.25) is 0 Å². The second kappa shape index (κ2) is 7.72. The van der Waals surface area contributed by atoms with Crippen molar-refractivity contribution < 1.29 is 0 Å². The quantitative estimate of drug-likeness (QED) is 0.553. The molecule has 16 heavy (non-hydrogen) atoms. The van der Waals surface area contributed by atoms with Crippen LogP contribution >= 0.6 is 35.5 Å². The fourth-order valence-electron chi connectivity index (χ4n) is 0.874. The number of rotatable bonds is 5. The summed E-state index contributed by atoms with van der Waals surface area (Å²) in [4.78, 5) is 8.13. The van der Waals surface area contributed by atoms with Crippen LogP contribution in [0.15, 0.2) is 10.4 Å². The Labute approximate surface area is 109 Å². The number of thiazole rings is 1. The van der Waals surface area contributed by atoms with Gasteiger partial charge in [0.2, 0.25) is 5.13 Å². The van der Waals surface area contributed by atoms with Crippen molar-refractivity contribution >= 4 is 46.6 Å². The fourth-order valence-corrected chi connectivity index (χ4v) is 2.53. The van der Waals surface area contributed by atoms with E-state index in [4.69, 9.17) is 17.2 Å². The van der Waals surface area contributed by atoms with Crippen molar-refractivity contribution in [2.24, 2.45) is 22.2 Å². The Morgan fingerprint density at radius 2 is 2.31 bits per heavy atom. The molecule has 0 spiro atoms. The Hall–Kier alpha value is -0.500. The SMILES string of the molecule is CC(N)CSCc1csc(N=C(N)N)n1.Cl. The maximum absolute atomic E-state index is 5.63. The predicted molar refractivity (Wildman–Crippen MR) is 74.6 cm³/mol. The van der Waals surface area contributed by atoms with Crippen molar-refractivity contribution in [1.29, 1.82) is 0 Å². The van der Waals surface area contributed by atoms with Crippen LogP contribution in [0.25, 0.3) is 0 Å². The summed E-state index contributed by atoms with van der Waals surface area (Å²) in [6.07, 6.45) is 0. The third kappa shape index (κ3) is 6.16. The summed E-state index contributed by atoms with van der Waals surface area (Å²) in [5.74, 6) is 1.81. The zero-order chi connectivity index (χ0) is 11.3. The zero-order valence-corrected chi connectivity index (χ0v) is 11.4. The molecule has 1 unspecified atom stereocenters. The topological polar surface area (TPSA) is 103 Å². The molecule has 5 nitrogen and oxygen atoms in total. The van der Waals surface area contributed by atoms with Crippen LogP contribution in [0.2, 0.25) is 0 Å². The van der Waals surface area contributed by atoms with Crippen LogP contribution in [0.5, 0.6) is 0 Å². The highest BCUT2D eigenvalue weighted by atomic mass is 35.5. The molecule has 1 atom stereocenters. The van der Waals surface area contributed by atoms with E-state index < -0.39 is 0 Å². The number of nitrogens with zero attached hydrogens (tertiary/aromatic N) is 2. The minimum Gasteiger partial charge on any atom is -0.370 e. The molecule has 0 aliphatic carbocycles. The van der Waals surface area contributed by atoms with E-state index in [0.29, 0.717) is 5.13 Å². The fraction of sp³-hybridized carbons (Fsp3) is 0.500. The summed E-state index contributed by atoms with van der Waals surface area (Å²) in [6, 6.07) is 0.214. The molecule has 0 amide bonds. The molecule has 1 aromatic rings. The lowest BCUT2D eigenvalue weighted by atomic mass is 10.4. The average Bonchev–Trinajstić information content (AvgIpc) is 2.50. The number of halogens is 1. The molecule has 1 aromatic heterocycles. The van der Waals surface area contributed by atoms with Crippen molar-refractivity contribution in [3.63, 3.8) is 0 Å². The largest absolute Gasteiger partial charge is 0.370 e. The highest BCUT2D eigenvalue weighted by Gasteiger charge is 2.02. The summed E-state index contributed by atoms with van der Waals surface area (Å²) in [6.45, 7) is 1.99. The van der Waals surface area contributed by atoms with Crippen LogP contribution < -0.4 is 17.2 Å². The van der Waals surface area contributed by atoms with Crippen molar-refractivity contribution in [1.82, 2.24) is 4.98 Å². The summed E-state index contributed by atoms with van der Waals surface area (Å²) in [5, 5.41) is 2.56. The first kappa shape index (κ1) is 15.5. The van der Waals surface area contributed by atoms with Gasteiger partial charge in [0.05, 0.1) is 5.69 Å². The van der Waals surface area contributed by atoms with Gasteiger partial charge in [0.15, 0.2) is 5.96 Å². The molecule has 0 aliphatic rings. The van der Waals surface area contributed by atoms with Crippen molar-refractivity contribution in [2.75, 3.05) is 5.75 Å². The van der Waals surface area contributed by atoms with E-state index in [2.05, 4.69) is 9.98 Å². The molecular weight excluding hydrogens is 266 g/mol. The van der Waals surface area contributed by atoms with Gasteiger partial charge in [-0.05, 0) is 6.92 Å². The Morgan fingerprint density at radius 1 is 1.62 bits per heavy atom. The first-order valence-corrected chi connectivity index (χ1v) is 6.48. The van der Waals surface area contributed by atoms with Gasteiger partial charge in [-0.2, -0.15) is 16.8 Å². The number of hydrogen-bond acceptors (Lipinski definition) is 5. The third-order valence-corrected chi connectivity index (χ3v) is 3.44. The normalized spacial score (nSPS) is 11.6. The Bertz CT molecular complexity index is 335. The first-order valence-electron chi connectivity index (χ1n) is 4.45. The van der Waals surface area contributed by atoms with E-state index in [1.807, 2.05) is 12.3 Å². The summed E-state index contributed by atoms with van der Waals surface area (Å²) < 4.78 is 0. The van der Waals surface area contributed by atoms with Crippen LogP contribution in [0.3, 0.4) is 0 Å². The van der Waals surface area contributed by atoms with Gasteiger partial charge in [0.25, 0.3) is 0 Å². The zero-order valence-electron chi connectivity index (χ0n) is 8.92. The molecule has 1 heterocycles. The Morgan fingerprint density at radius 3 is 2.88 bits per heavy atom. The van der Waals surface area contributed by atoms with Crippen LogP contribution in [0, 0.1) is 0 Å². The standard InChI is InChI=1S/C8H15N5S2.ClH/c1-5(9)2-14-3-6-4-15-8(12-6)13-7(10)11;/h4-5H,2-3,9H2,1H3,(H4,10,11,12,13);1H. The Balaban J connectivity index is 0.00000225. The minimum absolute atomic E-state index is 0. The van der Waals surface area contributed by atoms with Crippen LogP contribution in [-0.2, 0) is 5.75 Å². The first-order chi connectivity index (χ1) is 7.08. The number of aliphatic imine (C=N–C) groups is 1. The maximum Gasteiger partial charge on any atom is 0.212 e. The number of hydrogen-bond donors (Lipinski definition) is 3. The van der Waals surface area contributed by atoms with E-state index in [1.165, 1.54) is 11.3 Å². The second-order valence-corrected chi connectivity index (χ2v) is 5.02. The number of guanidine groups is 1. The van der Waals surface area contributed by atoms with Crippen LogP contribution in [0.4, 0.5) is 5.13 Å². The van der Waals surface area contributed by atoms with Crippen molar-refractivity contribution in [2.45, 2.75) is 18.7 Å². The molecule has 1 rings (SSSR count). The second-order valence-electron chi connectivity index (χ2n) is 3.15. The lowest BCUT2D eigenvalue weighted by molar-refractivity contribution is 0.847. The molecule has 8 heteroatoms. The molecular formula is C8H16ClN5S2. The predicted octanol–water partition coefficient (Wildman–Crippen LogP) is 1.05. The molecule has 0 aliphatic heterocycles. The average molecular weight is 282 g/mol.